The Hall–Kier alpha value is -1.44. The highest BCUT2D eigenvalue weighted by molar-refractivity contribution is 7.89. The molecule has 6 nitrogen and oxygen atoms in total. The topological polar surface area (TPSA) is 72.9 Å². The van der Waals surface area contributed by atoms with Crippen molar-refractivity contribution in [2.24, 2.45) is 0 Å². The third kappa shape index (κ3) is 3.25. The van der Waals surface area contributed by atoms with Gasteiger partial charge in [-0.1, -0.05) is 12.1 Å². The lowest BCUT2D eigenvalue weighted by Crippen LogP contribution is -2.48. The number of benzene rings is 1. The molecule has 1 fully saturated rings. The van der Waals surface area contributed by atoms with Crippen LogP contribution < -0.4 is 0 Å². The molecule has 21 heavy (non-hydrogen) atoms. The second-order valence-corrected chi connectivity index (χ2v) is 6.92. The molecule has 0 saturated carbocycles. The smallest absolute Gasteiger partial charge is 0.336 e. The fraction of sp³-hybridized carbons (Fsp3) is 0.500. The summed E-state index contributed by atoms with van der Waals surface area (Å²) in [5.74, 6) is -0.559. The first-order chi connectivity index (χ1) is 9.86. The normalized spacial score (nSPS) is 20.2. The first kappa shape index (κ1) is 15.9. The minimum absolute atomic E-state index is 0.0254. The summed E-state index contributed by atoms with van der Waals surface area (Å²) < 4.78 is 36.6. The maximum absolute atomic E-state index is 12.7. The zero-order chi connectivity index (χ0) is 15.6. The van der Waals surface area contributed by atoms with Crippen LogP contribution in [0, 0.1) is 13.8 Å². The van der Waals surface area contributed by atoms with E-state index in [4.69, 9.17) is 4.74 Å². The van der Waals surface area contributed by atoms with Crippen LogP contribution in [0.5, 0.6) is 0 Å². The maximum Gasteiger partial charge on any atom is 0.336 e. The zero-order valence-corrected chi connectivity index (χ0v) is 13.1. The molecule has 1 aliphatic rings. The van der Waals surface area contributed by atoms with Crippen LogP contribution in [0.25, 0.3) is 0 Å². The molecule has 2 rings (SSSR count). The van der Waals surface area contributed by atoms with Gasteiger partial charge in [-0.3, -0.25) is 0 Å². The summed E-state index contributed by atoms with van der Waals surface area (Å²) in [5, 5.41) is 0. The van der Waals surface area contributed by atoms with Gasteiger partial charge in [0.15, 0.2) is 6.10 Å². The van der Waals surface area contributed by atoms with Crippen molar-refractivity contribution in [2.45, 2.75) is 24.8 Å². The molecular formula is C14H19NO5S. The summed E-state index contributed by atoms with van der Waals surface area (Å²) >= 11 is 0. The Morgan fingerprint density at radius 3 is 2.76 bits per heavy atom. The molecule has 1 atom stereocenters. The van der Waals surface area contributed by atoms with Gasteiger partial charge in [0, 0.05) is 6.54 Å². The van der Waals surface area contributed by atoms with Gasteiger partial charge in [0.25, 0.3) is 0 Å². The molecular weight excluding hydrogens is 294 g/mol. The summed E-state index contributed by atoms with van der Waals surface area (Å²) in [6.07, 6.45) is -0.872. The number of nitrogens with zero attached hydrogens (tertiary/aromatic N) is 1. The van der Waals surface area contributed by atoms with Crippen LogP contribution in [-0.2, 0) is 24.3 Å². The first-order valence-corrected chi connectivity index (χ1v) is 8.07. The van der Waals surface area contributed by atoms with Crippen molar-refractivity contribution in [3.63, 3.8) is 0 Å². The molecule has 7 heteroatoms. The molecule has 0 bridgehead atoms. The van der Waals surface area contributed by atoms with Gasteiger partial charge in [-0.25, -0.2) is 13.2 Å². The molecule has 0 radical (unpaired) electrons. The molecule has 0 aliphatic carbocycles. The third-order valence-corrected chi connectivity index (χ3v) is 5.46. The van der Waals surface area contributed by atoms with Crippen molar-refractivity contribution in [2.75, 3.05) is 26.8 Å². The number of carbonyl (C=O) groups excluding carboxylic acids is 1. The van der Waals surface area contributed by atoms with Gasteiger partial charge >= 0.3 is 5.97 Å². The number of hydrogen-bond donors (Lipinski definition) is 0. The predicted molar refractivity (Wildman–Crippen MR) is 76.4 cm³/mol. The summed E-state index contributed by atoms with van der Waals surface area (Å²) in [4.78, 5) is 11.8. The van der Waals surface area contributed by atoms with Crippen LogP contribution in [0.3, 0.4) is 0 Å². The summed E-state index contributed by atoms with van der Waals surface area (Å²) in [6.45, 7) is 3.97. The summed E-state index contributed by atoms with van der Waals surface area (Å²) in [6, 6.07) is 5.29. The monoisotopic (exact) mass is 313 g/mol. The van der Waals surface area contributed by atoms with Crippen LogP contribution in [-0.4, -0.2) is 51.6 Å². The number of esters is 1. The molecule has 116 valence electrons. The number of ether oxygens (including phenoxy) is 2. The summed E-state index contributed by atoms with van der Waals surface area (Å²) in [5.41, 5.74) is 1.55. The fourth-order valence-electron chi connectivity index (χ4n) is 2.24. The van der Waals surface area contributed by atoms with Crippen LogP contribution >= 0.6 is 0 Å². The molecule has 1 aromatic rings. The van der Waals surface area contributed by atoms with E-state index in [1.807, 2.05) is 13.0 Å². The van der Waals surface area contributed by atoms with Crippen LogP contribution in [0.1, 0.15) is 11.1 Å². The van der Waals surface area contributed by atoms with Crippen molar-refractivity contribution < 1.29 is 22.7 Å². The van der Waals surface area contributed by atoms with E-state index in [0.29, 0.717) is 5.56 Å². The predicted octanol–water partition coefficient (Wildman–Crippen LogP) is 0.866. The molecule has 0 N–H and O–H groups in total. The van der Waals surface area contributed by atoms with Crippen molar-refractivity contribution in [1.29, 1.82) is 0 Å². The maximum atomic E-state index is 12.7. The lowest BCUT2D eigenvalue weighted by molar-refractivity contribution is -0.157. The minimum Gasteiger partial charge on any atom is -0.467 e. The SMILES string of the molecule is COC(=O)C1CN(S(=O)(=O)c2cc(C)ccc2C)CCO1. The Labute approximate surface area is 124 Å². The highest BCUT2D eigenvalue weighted by Gasteiger charge is 2.35. The van der Waals surface area contributed by atoms with E-state index in [-0.39, 0.29) is 24.6 Å². The molecule has 0 aromatic heterocycles. The van der Waals surface area contributed by atoms with Crippen LogP contribution in [0.15, 0.2) is 23.1 Å². The number of hydrogen-bond acceptors (Lipinski definition) is 5. The first-order valence-electron chi connectivity index (χ1n) is 6.63. The lowest BCUT2D eigenvalue weighted by Gasteiger charge is -2.31. The standard InChI is InChI=1S/C14H19NO5S/c1-10-4-5-11(2)13(8-10)21(17,18)15-6-7-20-12(9-15)14(16)19-3/h4-5,8,12H,6-7,9H2,1-3H3. The third-order valence-electron chi connectivity index (χ3n) is 3.45. The quantitative estimate of drug-likeness (QED) is 0.774. The largest absolute Gasteiger partial charge is 0.467 e. The van der Waals surface area contributed by atoms with E-state index in [0.717, 1.165) is 5.56 Å². The van der Waals surface area contributed by atoms with Gasteiger partial charge in [-0.2, -0.15) is 4.31 Å². The van der Waals surface area contributed by atoms with E-state index >= 15 is 0 Å². The van der Waals surface area contributed by atoms with Gasteiger partial charge < -0.3 is 9.47 Å². The Kier molecular flexibility index (Phi) is 4.65. The molecule has 0 amide bonds. The molecule has 1 aromatic carbocycles. The van der Waals surface area contributed by atoms with Gasteiger partial charge in [0.05, 0.1) is 25.2 Å². The van der Waals surface area contributed by atoms with E-state index in [1.54, 1.807) is 19.1 Å². The average Bonchev–Trinajstić information content (AvgIpc) is 2.49. The van der Waals surface area contributed by atoms with Gasteiger partial charge in [-0.15, -0.1) is 0 Å². The number of carbonyl (C=O) groups is 1. The minimum atomic E-state index is -3.64. The number of aryl methyl sites for hydroxylation is 2. The number of sulfonamides is 1. The molecule has 0 spiro atoms. The Morgan fingerprint density at radius 2 is 2.10 bits per heavy atom. The summed E-state index contributed by atoms with van der Waals surface area (Å²) in [7, 11) is -2.39. The van der Waals surface area contributed by atoms with E-state index in [1.165, 1.54) is 11.4 Å². The molecule has 1 saturated heterocycles. The number of rotatable bonds is 3. The molecule has 1 unspecified atom stereocenters. The number of methoxy groups -OCH3 is 1. The van der Waals surface area contributed by atoms with Gasteiger partial charge in [-0.05, 0) is 31.0 Å². The number of morpholine rings is 1. The van der Waals surface area contributed by atoms with Crippen molar-refractivity contribution in [1.82, 2.24) is 4.31 Å². The highest BCUT2D eigenvalue weighted by atomic mass is 32.2. The molecule has 1 heterocycles. The van der Waals surface area contributed by atoms with Crippen LogP contribution in [0.2, 0.25) is 0 Å². The van der Waals surface area contributed by atoms with Crippen molar-refractivity contribution in [3.05, 3.63) is 29.3 Å². The highest BCUT2D eigenvalue weighted by Crippen LogP contribution is 2.23. The molecule has 1 aliphatic heterocycles. The van der Waals surface area contributed by atoms with Gasteiger partial charge in [0.1, 0.15) is 0 Å². The Morgan fingerprint density at radius 1 is 1.38 bits per heavy atom. The Balaban J connectivity index is 2.31. The fourth-order valence-corrected chi connectivity index (χ4v) is 3.98. The van der Waals surface area contributed by atoms with E-state index in [2.05, 4.69) is 4.74 Å². The Bertz CT molecular complexity index is 641. The van der Waals surface area contributed by atoms with Crippen LogP contribution in [0.4, 0.5) is 0 Å². The lowest BCUT2D eigenvalue weighted by atomic mass is 10.2. The van der Waals surface area contributed by atoms with Crippen molar-refractivity contribution in [3.8, 4) is 0 Å². The zero-order valence-electron chi connectivity index (χ0n) is 12.3. The van der Waals surface area contributed by atoms with Gasteiger partial charge in [0.2, 0.25) is 10.0 Å². The average molecular weight is 313 g/mol. The second kappa shape index (κ2) is 6.13. The van der Waals surface area contributed by atoms with E-state index < -0.39 is 22.1 Å². The van der Waals surface area contributed by atoms with E-state index in [9.17, 15) is 13.2 Å². The second-order valence-electron chi connectivity index (χ2n) is 5.01. The van der Waals surface area contributed by atoms with Crippen molar-refractivity contribution >= 4 is 16.0 Å².